The molecule has 0 saturated heterocycles. The highest BCUT2D eigenvalue weighted by molar-refractivity contribution is 7.47. The largest absolute Gasteiger partial charge is 0.472 e. The van der Waals surface area contributed by atoms with Gasteiger partial charge in [-0.05, 0) is 57.8 Å². The van der Waals surface area contributed by atoms with Gasteiger partial charge < -0.3 is 19.8 Å². The van der Waals surface area contributed by atoms with Crippen LogP contribution in [0.2, 0.25) is 0 Å². The molecule has 3 atom stereocenters. The van der Waals surface area contributed by atoms with Gasteiger partial charge in [-0.3, -0.25) is 13.8 Å². The van der Waals surface area contributed by atoms with Gasteiger partial charge in [0, 0.05) is 6.42 Å². The van der Waals surface area contributed by atoms with Gasteiger partial charge >= 0.3 is 7.82 Å². The van der Waals surface area contributed by atoms with Crippen LogP contribution in [-0.4, -0.2) is 73.4 Å². The summed E-state index contributed by atoms with van der Waals surface area (Å²) in [5.41, 5.74) is 0. The van der Waals surface area contributed by atoms with E-state index in [0.717, 1.165) is 64.2 Å². The summed E-state index contributed by atoms with van der Waals surface area (Å²) >= 11 is 0. The fourth-order valence-electron chi connectivity index (χ4n) is 10.2. The van der Waals surface area contributed by atoms with Crippen molar-refractivity contribution in [3.63, 3.8) is 0 Å². The van der Waals surface area contributed by atoms with Crippen molar-refractivity contribution in [3.8, 4) is 0 Å². The van der Waals surface area contributed by atoms with Crippen LogP contribution in [0.15, 0.2) is 60.8 Å². The number of likely N-dealkylation sites (N-methyl/N-ethyl adjacent to an activating group) is 1. The monoisotopic (exact) mass is 1130 g/mol. The second kappa shape index (κ2) is 60.8. The van der Waals surface area contributed by atoms with Crippen molar-refractivity contribution in [2.75, 3.05) is 40.9 Å². The Hall–Kier alpha value is -1.80. The molecule has 0 bridgehead atoms. The van der Waals surface area contributed by atoms with Gasteiger partial charge in [0.2, 0.25) is 5.91 Å². The molecule has 3 N–H and O–H groups in total. The van der Waals surface area contributed by atoms with Crippen LogP contribution in [0.1, 0.15) is 328 Å². The van der Waals surface area contributed by atoms with Crippen LogP contribution >= 0.6 is 7.82 Å². The van der Waals surface area contributed by atoms with Crippen LogP contribution in [0.5, 0.6) is 0 Å². The molecule has 0 aromatic carbocycles. The lowest BCUT2D eigenvalue weighted by atomic mass is 10.0. The number of nitrogens with zero attached hydrogens (tertiary/aromatic N) is 1. The van der Waals surface area contributed by atoms with E-state index in [2.05, 4.69) is 67.8 Å². The topological polar surface area (TPSA) is 105 Å². The van der Waals surface area contributed by atoms with Crippen molar-refractivity contribution in [2.45, 2.75) is 341 Å². The maximum atomic E-state index is 13.0. The Bertz CT molecular complexity index is 1470. The molecule has 0 aromatic heterocycles. The molecule has 0 aliphatic carbocycles. The number of carbonyl (C=O) groups is 1. The SMILES string of the molecule is CC/C=C\C/C=C\C/C=C\C/C=C\CCCCCCCCCCCCCCCCCCCCCCCCCCCCC(=O)NC(COP(=O)(O)OCC[N+](C)(C)C)C(O)/C=C/CCCCCCCCCCCCCCCCCC. The molecule has 1 amide bonds. The van der Waals surface area contributed by atoms with E-state index in [4.69, 9.17) is 9.05 Å². The average Bonchev–Trinajstić information content (AvgIpc) is 3.42. The van der Waals surface area contributed by atoms with Gasteiger partial charge in [0.15, 0.2) is 0 Å². The molecule has 8 nitrogen and oxygen atoms in total. The van der Waals surface area contributed by atoms with E-state index >= 15 is 0 Å². The summed E-state index contributed by atoms with van der Waals surface area (Å²) in [6.07, 6.45) is 83.7. The van der Waals surface area contributed by atoms with E-state index in [1.807, 2.05) is 27.2 Å². The molecule has 0 radical (unpaired) electrons. The fraction of sp³-hybridized carbons (Fsp3) is 0.843. The molecular weight excluding hydrogens is 996 g/mol. The zero-order valence-electron chi connectivity index (χ0n) is 53.1. The summed E-state index contributed by atoms with van der Waals surface area (Å²) in [6.45, 7) is 4.74. The van der Waals surface area contributed by atoms with Crippen LogP contribution in [0.4, 0.5) is 0 Å². The molecule has 79 heavy (non-hydrogen) atoms. The van der Waals surface area contributed by atoms with Crippen LogP contribution in [0, 0.1) is 0 Å². The third-order valence-corrected chi connectivity index (χ3v) is 16.5. The third-order valence-electron chi connectivity index (χ3n) is 15.5. The lowest BCUT2D eigenvalue weighted by Gasteiger charge is -2.25. The zero-order valence-corrected chi connectivity index (χ0v) is 54.0. The Balaban J connectivity index is 3.93. The number of phosphoric ester groups is 1. The number of unbranched alkanes of at least 4 members (excludes halogenated alkanes) is 42. The summed E-state index contributed by atoms with van der Waals surface area (Å²) < 4.78 is 23.8. The minimum atomic E-state index is -4.35. The Morgan fingerprint density at radius 3 is 1.11 bits per heavy atom. The van der Waals surface area contributed by atoms with Crippen molar-refractivity contribution >= 4 is 13.7 Å². The molecule has 0 aliphatic heterocycles. The highest BCUT2D eigenvalue weighted by atomic mass is 31.2. The second-order valence-electron chi connectivity index (χ2n) is 24.5. The Morgan fingerprint density at radius 1 is 0.443 bits per heavy atom. The quantitative estimate of drug-likeness (QED) is 0.0243. The summed E-state index contributed by atoms with van der Waals surface area (Å²) in [5.74, 6) is -0.171. The minimum Gasteiger partial charge on any atom is -0.387 e. The molecule has 0 spiro atoms. The highest BCUT2D eigenvalue weighted by Crippen LogP contribution is 2.43. The lowest BCUT2D eigenvalue weighted by Crippen LogP contribution is -2.45. The molecule has 0 heterocycles. The summed E-state index contributed by atoms with van der Waals surface area (Å²) in [5, 5.41) is 14.0. The zero-order chi connectivity index (χ0) is 57.7. The Labute approximate surface area is 492 Å². The van der Waals surface area contributed by atoms with E-state index in [1.54, 1.807) is 6.08 Å². The number of phosphoric acid groups is 1. The summed E-state index contributed by atoms with van der Waals surface area (Å²) in [6, 6.07) is -0.846. The number of nitrogens with one attached hydrogen (secondary N) is 1. The number of quaternary nitrogens is 1. The summed E-state index contributed by atoms with van der Waals surface area (Å²) in [4.78, 5) is 23.4. The number of aliphatic hydroxyl groups excluding tert-OH is 1. The normalized spacial score (nSPS) is 14.1. The number of amides is 1. The van der Waals surface area contributed by atoms with Gasteiger partial charge in [0.25, 0.3) is 0 Å². The standard InChI is InChI=1S/C70H133N2O6P/c1-6-8-10-12-14-16-18-20-22-24-26-27-28-29-30-31-32-33-34-35-36-37-38-39-40-41-42-43-44-45-46-48-50-52-54-56-58-60-62-64-70(74)71-68(67-78-79(75,76)77-66-65-72(3,4)5)69(73)63-61-59-57-55-53-51-49-47-25-23-21-19-17-15-13-11-9-7-2/h8,10,14,16,20,22,26-27,61,63,68-69,73H,6-7,9,11-13,15,17-19,21,23-25,28-60,62,64-67H2,1-5H3,(H-,71,74,75,76)/p+1/b10-8-,16-14-,22-20-,27-26-,63-61+. The van der Waals surface area contributed by atoms with Crippen LogP contribution < -0.4 is 5.32 Å². The molecule has 464 valence electrons. The Morgan fingerprint density at radius 2 is 0.759 bits per heavy atom. The molecule has 0 fully saturated rings. The Kier molecular flexibility index (Phi) is 59.4. The number of hydrogen-bond acceptors (Lipinski definition) is 5. The smallest absolute Gasteiger partial charge is 0.387 e. The van der Waals surface area contributed by atoms with Gasteiger partial charge in [-0.15, -0.1) is 0 Å². The molecule has 9 heteroatoms. The van der Waals surface area contributed by atoms with Gasteiger partial charge in [-0.2, -0.15) is 0 Å². The van der Waals surface area contributed by atoms with Gasteiger partial charge in [0.05, 0.1) is 39.9 Å². The van der Waals surface area contributed by atoms with E-state index in [9.17, 15) is 19.4 Å². The van der Waals surface area contributed by atoms with Crippen molar-refractivity contribution in [3.05, 3.63) is 60.8 Å². The van der Waals surface area contributed by atoms with Gasteiger partial charge in [0.1, 0.15) is 13.2 Å². The maximum absolute atomic E-state index is 13.0. The van der Waals surface area contributed by atoms with Crippen molar-refractivity contribution in [1.82, 2.24) is 5.32 Å². The van der Waals surface area contributed by atoms with E-state index < -0.39 is 20.0 Å². The molecule has 0 aliphatic rings. The predicted molar refractivity (Wildman–Crippen MR) is 346 cm³/mol. The number of aliphatic hydroxyl groups is 1. The lowest BCUT2D eigenvalue weighted by molar-refractivity contribution is -0.870. The first kappa shape index (κ1) is 77.2. The molecular formula is C70H134N2O6P+. The number of rotatable bonds is 63. The van der Waals surface area contributed by atoms with E-state index in [-0.39, 0.29) is 19.1 Å². The number of allylic oxidation sites excluding steroid dienone is 9. The first-order chi connectivity index (χ1) is 38.5. The van der Waals surface area contributed by atoms with Gasteiger partial charge in [-0.25, -0.2) is 4.57 Å². The molecule has 3 unspecified atom stereocenters. The van der Waals surface area contributed by atoms with Crippen molar-refractivity contribution < 1.29 is 32.9 Å². The van der Waals surface area contributed by atoms with Crippen LogP contribution in [-0.2, 0) is 18.4 Å². The number of carbonyl (C=O) groups excluding carboxylic acids is 1. The maximum Gasteiger partial charge on any atom is 0.472 e. The average molecular weight is 1130 g/mol. The van der Waals surface area contributed by atoms with Crippen molar-refractivity contribution in [2.24, 2.45) is 0 Å². The van der Waals surface area contributed by atoms with Gasteiger partial charge in [-0.1, -0.05) is 325 Å². The van der Waals surface area contributed by atoms with Crippen LogP contribution in [0.25, 0.3) is 0 Å². The number of hydrogen-bond donors (Lipinski definition) is 3. The van der Waals surface area contributed by atoms with E-state index in [1.165, 1.54) is 244 Å². The minimum absolute atomic E-state index is 0.0630. The predicted octanol–water partition coefficient (Wildman–Crippen LogP) is 21.6. The van der Waals surface area contributed by atoms with Crippen molar-refractivity contribution in [1.29, 1.82) is 0 Å². The highest BCUT2D eigenvalue weighted by Gasteiger charge is 2.28. The fourth-order valence-corrected chi connectivity index (χ4v) is 11.0. The first-order valence-electron chi connectivity index (χ1n) is 34.2. The third kappa shape index (κ3) is 63.6. The molecule has 0 aromatic rings. The first-order valence-corrected chi connectivity index (χ1v) is 35.7. The second-order valence-corrected chi connectivity index (χ2v) is 26.0. The molecule has 0 saturated carbocycles. The van der Waals surface area contributed by atoms with E-state index in [0.29, 0.717) is 17.4 Å². The van der Waals surface area contributed by atoms with Crippen LogP contribution in [0.3, 0.4) is 0 Å². The summed E-state index contributed by atoms with van der Waals surface area (Å²) in [7, 11) is 1.59. The molecule has 0 rings (SSSR count).